The summed E-state index contributed by atoms with van der Waals surface area (Å²) in [5.74, 6) is -0.733. The number of carbonyl (C=O) groups excluding carboxylic acids is 1. The van der Waals surface area contributed by atoms with Crippen molar-refractivity contribution >= 4 is 16.9 Å². The number of aromatic nitrogens is 1. The van der Waals surface area contributed by atoms with Crippen molar-refractivity contribution < 1.29 is 15.0 Å². The monoisotopic (exact) mass is 206 g/mol. The summed E-state index contributed by atoms with van der Waals surface area (Å²) in [6.07, 6.45) is 1.71. The van der Waals surface area contributed by atoms with Gasteiger partial charge in [-0.25, -0.2) is 0 Å². The summed E-state index contributed by atoms with van der Waals surface area (Å²) in [6.45, 7) is 0.972. The Kier molecular flexibility index (Phi) is 3.33. The molecule has 0 aliphatic rings. The Morgan fingerprint density at radius 3 is 2.47 bits per heavy atom. The van der Waals surface area contributed by atoms with Crippen LogP contribution in [0.25, 0.3) is 10.9 Å². The van der Waals surface area contributed by atoms with Crippen molar-refractivity contribution in [1.29, 1.82) is 0 Å². The highest BCUT2D eigenvalue weighted by Gasteiger charge is 2.01. The topological polar surface area (TPSA) is 65.3 Å². The van der Waals surface area contributed by atoms with Crippen LogP contribution in [-0.4, -0.2) is 15.6 Å². The smallest absolute Gasteiger partial charge is 0.141 e. The molecule has 0 saturated heterocycles. The maximum atomic E-state index is 9.37. The van der Waals surface area contributed by atoms with Crippen LogP contribution >= 0.6 is 0 Å². The predicted molar refractivity (Wildman–Crippen MR) is 55.3 cm³/mol. The van der Waals surface area contributed by atoms with Gasteiger partial charge in [0.15, 0.2) is 0 Å². The highest BCUT2D eigenvalue weighted by atomic mass is 16.4. The number of fused-ring (bicyclic) bond motifs is 1. The molecule has 80 valence electrons. The second kappa shape index (κ2) is 4.50. The van der Waals surface area contributed by atoms with Crippen molar-refractivity contribution in [3.8, 4) is 5.75 Å². The minimum Gasteiger partial charge on any atom is -0.550 e. The first-order valence-electron chi connectivity index (χ1n) is 4.43. The van der Waals surface area contributed by atoms with Crippen molar-refractivity contribution in [2.24, 2.45) is 7.05 Å². The number of aliphatic carboxylic acids is 1. The maximum Gasteiger partial charge on any atom is 0.141 e. The largest absolute Gasteiger partial charge is 0.550 e. The van der Waals surface area contributed by atoms with E-state index in [0.717, 1.165) is 17.8 Å². The molecule has 0 aliphatic carbocycles. The van der Waals surface area contributed by atoms with Crippen LogP contribution in [0.1, 0.15) is 6.92 Å². The van der Waals surface area contributed by atoms with E-state index in [2.05, 4.69) is 0 Å². The summed E-state index contributed by atoms with van der Waals surface area (Å²) in [6, 6.07) is 7.77. The Morgan fingerprint density at radius 1 is 1.40 bits per heavy atom. The van der Waals surface area contributed by atoms with Crippen LogP contribution in [0, 0.1) is 0 Å². The van der Waals surface area contributed by atoms with Crippen LogP contribution < -0.4 is 5.11 Å². The van der Waals surface area contributed by atoms with E-state index in [4.69, 9.17) is 9.90 Å². The van der Waals surface area contributed by atoms with Crippen molar-refractivity contribution in [2.75, 3.05) is 0 Å². The molecule has 0 amide bonds. The second-order valence-corrected chi connectivity index (χ2v) is 3.13. The molecular formula is C11H12NO3-. The van der Waals surface area contributed by atoms with E-state index in [-0.39, 0.29) is 0 Å². The van der Waals surface area contributed by atoms with E-state index in [9.17, 15) is 5.11 Å². The van der Waals surface area contributed by atoms with Crippen LogP contribution in [-0.2, 0) is 11.8 Å². The summed E-state index contributed by atoms with van der Waals surface area (Å²) in [5, 5.41) is 19.2. The predicted octanol–water partition coefficient (Wildman–Crippen LogP) is 0.640. The molecule has 2 aromatic rings. The van der Waals surface area contributed by atoms with Crippen molar-refractivity contribution in [1.82, 2.24) is 4.57 Å². The van der Waals surface area contributed by atoms with Crippen LogP contribution in [0.4, 0.5) is 0 Å². The zero-order chi connectivity index (χ0) is 11.4. The number of aryl methyl sites for hydroxylation is 1. The molecule has 2 rings (SSSR count). The molecule has 0 spiro atoms. The van der Waals surface area contributed by atoms with E-state index in [1.54, 1.807) is 6.20 Å². The van der Waals surface area contributed by atoms with Gasteiger partial charge in [0.2, 0.25) is 0 Å². The first kappa shape index (κ1) is 11.1. The molecule has 4 heteroatoms. The minimum atomic E-state index is -1.08. The van der Waals surface area contributed by atoms with E-state index in [1.807, 2.05) is 35.9 Å². The summed E-state index contributed by atoms with van der Waals surface area (Å²) in [5.41, 5.74) is 1.06. The third-order valence-corrected chi connectivity index (χ3v) is 1.88. The molecule has 1 N–H and O–H groups in total. The van der Waals surface area contributed by atoms with Crippen molar-refractivity contribution in [3.63, 3.8) is 0 Å². The Hall–Kier alpha value is -1.97. The Labute approximate surface area is 87.4 Å². The fourth-order valence-electron chi connectivity index (χ4n) is 1.32. The Balaban J connectivity index is 0.000000245. The third kappa shape index (κ3) is 2.74. The number of para-hydroxylation sites is 1. The van der Waals surface area contributed by atoms with E-state index >= 15 is 0 Å². The van der Waals surface area contributed by atoms with E-state index in [0.29, 0.717) is 5.75 Å². The number of nitrogens with zero attached hydrogens (tertiary/aromatic N) is 1. The Bertz CT molecular complexity index is 434. The molecule has 0 radical (unpaired) electrons. The standard InChI is InChI=1S/C9H9NO.C2H4O2/c1-10-6-9(11)7-4-2-3-5-8(7)10;1-2(3)4/h2-6,11H,1H3;1H3,(H,3,4)/p-1. The Morgan fingerprint density at radius 2 is 1.93 bits per heavy atom. The van der Waals surface area contributed by atoms with Crippen LogP contribution in [0.3, 0.4) is 0 Å². The van der Waals surface area contributed by atoms with Gasteiger partial charge in [0.25, 0.3) is 0 Å². The van der Waals surface area contributed by atoms with Gasteiger partial charge in [0.1, 0.15) is 5.75 Å². The zero-order valence-electron chi connectivity index (χ0n) is 8.60. The molecule has 15 heavy (non-hydrogen) atoms. The molecular weight excluding hydrogens is 194 g/mol. The van der Waals surface area contributed by atoms with E-state index in [1.165, 1.54) is 0 Å². The van der Waals surface area contributed by atoms with Gasteiger partial charge in [-0.3, -0.25) is 0 Å². The second-order valence-electron chi connectivity index (χ2n) is 3.13. The summed E-state index contributed by atoms with van der Waals surface area (Å²) < 4.78 is 1.91. The van der Waals surface area contributed by atoms with Crippen molar-refractivity contribution in [2.45, 2.75) is 6.92 Å². The molecule has 1 aromatic heterocycles. The van der Waals surface area contributed by atoms with Crippen LogP contribution in [0.15, 0.2) is 30.5 Å². The fraction of sp³-hybridized carbons (Fsp3) is 0.182. The third-order valence-electron chi connectivity index (χ3n) is 1.88. The van der Waals surface area contributed by atoms with Gasteiger partial charge >= 0.3 is 0 Å². The lowest BCUT2D eigenvalue weighted by molar-refractivity contribution is -0.302. The van der Waals surface area contributed by atoms with Gasteiger partial charge in [-0.05, 0) is 19.1 Å². The van der Waals surface area contributed by atoms with Gasteiger partial charge in [0.05, 0.1) is 5.52 Å². The summed E-state index contributed by atoms with van der Waals surface area (Å²) in [7, 11) is 1.92. The molecule has 0 aliphatic heterocycles. The van der Waals surface area contributed by atoms with Gasteiger partial charge in [0, 0.05) is 24.6 Å². The number of hydrogen-bond donors (Lipinski definition) is 1. The number of carboxylic acids is 1. The first-order valence-corrected chi connectivity index (χ1v) is 4.43. The van der Waals surface area contributed by atoms with Gasteiger partial charge < -0.3 is 19.6 Å². The lowest BCUT2D eigenvalue weighted by atomic mass is 10.2. The fourth-order valence-corrected chi connectivity index (χ4v) is 1.32. The quantitative estimate of drug-likeness (QED) is 0.688. The number of hydrogen-bond acceptors (Lipinski definition) is 3. The number of aromatic hydroxyl groups is 1. The maximum absolute atomic E-state index is 9.37. The van der Waals surface area contributed by atoms with Gasteiger partial charge in [-0.15, -0.1) is 0 Å². The highest BCUT2D eigenvalue weighted by molar-refractivity contribution is 5.86. The average Bonchev–Trinajstić information content (AvgIpc) is 2.43. The number of benzene rings is 1. The number of carboxylic acid groups (broad SMARTS) is 1. The number of carbonyl (C=O) groups is 1. The van der Waals surface area contributed by atoms with Crippen LogP contribution in [0.5, 0.6) is 5.75 Å². The number of rotatable bonds is 0. The normalized spacial score (nSPS) is 9.47. The lowest BCUT2D eigenvalue weighted by Gasteiger charge is -1.91. The average molecular weight is 206 g/mol. The SMILES string of the molecule is CC(=O)[O-].Cn1cc(O)c2ccccc21. The zero-order valence-corrected chi connectivity index (χ0v) is 8.60. The van der Waals surface area contributed by atoms with Crippen LogP contribution in [0.2, 0.25) is 0 Å². The minimum absolute atomic E-state index is 0.350. The highest BCUT2D eigenvalue weighted by Crippen LogP contribution is 2.24. The van der Waals surface area contributed by atoms with Gasteiger partial charge in [-0.2, -0.15) is 0 Å². The van der Waals surface area contributed by atoms with Gasteiger partial charge in [-0.1, -0.05) is 12.1 Å². The molecule has 1 aromatic carbocycles. The molecule has 0 fully saturated rings. The molecule has 4 nitrogen and oxygen atoms in total. The molecule has 0 bridgehead atoms. The molecule has 0 unspecified atom stereocenters. The lowest BCUT2D eigenvalue weighted by Crippen LogP contribution is -2.16. The molecule has 0 saturated carbocycles. The summed E-state index contributed by atoms with van der Waals surface area (Å²) >= 11 is 0. The molecule has 0 atom stereocenters. The summed E-state index contributed by atoms with van der Waals surface area (Å²) in [4.78, 5) is 8.89. The van der Waals surface area contributed by atoms with Crippen molar-refractivity contribution in [3.05, 3.63) is 30.5 Å². The molecule has 1 heterocycles. The first-order chi connectivity index (χ1) is 7.02. The van der Waals surface area contributed by atoms with E-state index < -0.39 is 5.97 Å².